The summed E-state index contributed by atoms with van der Waals surface area (Å²) in [7, 11) is 0. The molecule has 0 unspecified atom stereocenters. The van der Waals surface area contributed by atoms with E-state index in [0.717, 1.165) is 22.0 Å². The highest BCUT2D eigenvalue weighted by Crippen LogP contribution is 2.32. The predicted molar refractivity (Wildman–Crippen MR) is 112 cm³/mol. The van der Waals surface area contributed by atoms with Crippen LogP contribution in [0.15, 0.2) is 54.7 Å². The fourth-order valence-electron chi connectivity index (χ4n) is 2.55. The minimum atomic E-state index is -0.649. The van der Waals surface area contributed by atoms with Crippen molar-refractivity contribution in [3.8, 4) is 0 Å². The number of hydrogen-bond acceptors (Lipinski definition) is 4. The molecule has 2 aromatic carbocycles. The topological polar surface area (TPSA) is 68.3 Å². The van der Waals surface area contributed by atoms with Crippen LogP contribution in [0.5, 0.6) is 0 Å². The fourth-order valence-corrected chi connectivity index (χ4v) is 3.02. The van der Waals surface area contributed by atoms with Crippen LogP contribution in [0.3, 0.4) is 0 Å². The molecular weight excluding hydrogens is 399 g/mol. The number of nitrogens with one attached hydrogen (secondary N) is 1. The Morgan fingerprint density at radius 1 is 1.14 bits per heavy atom. The van der Waals surface area contributed by atoms with Gasteiger partial charge in [-0.2, -0.15) is 0 Å². The zero-order valence-electron chi connectivity index (χ0n) is 14.9. The molecule has 0 radical (unpaired) electrons. The van der Waals surface area contributed by atoms with Crippen molar-refractivity contribution in [3.05, 3.63) is 75.9 Å². The first kappa shape index (κ1) is 19.9. The summed E-state index contributed by atoms with van der Waals surface area (Å²) in [5, 5.41) is 4.17. The van der Waals surface area contributed by atoms with Crippen molar-refractivity contribution in [2.75, 3.05) is 11.9 Å². The molecule has 0 fully saturated rings. The largest absolute Gasteiger partial charge is 0.452 e. The van der Waals surface area contributed by atoms with Gasteiger partial charge in [0.15, 0.2) is 6.61 Å². The molecule has 0 aliphatic heterocycles. The van der Waals surface area contributed by atoms with Gasteiger partial charge in [-0.3, -0.25) is 9.78 Å². The Hall–Kier alpha value is -2.89. The first-order chi connectivity index (χ1) is 13.5. The zero-order valence-corrected chi connectivity index (χ0v) is 16.4. The molecule has 0 atom stereocenters. The van der Waals surface area contributed by atoms with E-state index in [1.165, 1.54) is 6.08 Å². The van der Waals surface area contributed by atoms with Crippen molar-refractivity contribution in [2.45, 2.75) is 6.92 Å². The number of benzene rings is 2. The molecule has 5 nitrogen and oxygen atoms in total. The highest BCUT2D eigenvalue weighted by Gasteiger charge is 2.13. The number of esters is 1. The highest BCUT2D eigenvalue weighted by atomic mass is 35.5. The fraction of sp³-hybridized carbons (Fsp3) is 0.0952. The van der Waals surface area contributed by atoms with Crippen molar-refractivity contribution >= 4 is 57.7 Å². The predicted octanol–water partition coefficient (Wildman–Crippen LogP) is 5.05. The Bertz CT molecular complexity index is 1080. The summed E-state index contributed by atoms with van der Waals surface area (Å²) in [6, 6.07) is 12.8. The summed E-state index contributed by atoms with van der Waals surface area (Å²) in [6.45, 7) is 1.33. The molecule has 0 spiro atoms. The van der Waals surface area contributed by atoms with E-state index >= 15 is 0 Å². The van der Waals surface area contributed by atoms with Crippen LogP contribution < -0.4 is 5.32 Å². The van der Waals surface area contributed by atoms with Gasteiger partial charge in [-0.1, -0.05) is 53.5 Å². The maximum atomic E-state index is 12.0. The Labute approximate surface area is 171 Å². The molecule has 0 bridgehead atoms. The number of pyridine rings is 1. The minimum absolute atomic E-state index is 0.293. The average Bonchev–Trinajstić information content (AvgIpc) is 2.71. The van der Waals surface area contributed by atoms with Crippen molar-refractivity contribution in [1.82, 2.24) is 4.98 Å². The standard InChI is InChI=1S/C21H16Cl2N2O3/c1-13-7-9-16(22)21(19(13)23)25-17(26)12-28-18(27)10-8-15-5-2-4-14-6-3-11-24-20(14)15/h2-11H,12H2,1H3,(H,25,26)/b10-8+. The third-order valence-electron chi connectivity index (χ3n) is 3.96. The van der Waals surface area contributed by atoms with Gasteiger partial charge in [0, 0.05) is 23.2 Å². The quantitative estimate of drug-likeness (QED) is 0.468. The second-order valence-electron chi connectivity index (χ2n) is 5.96. The van der Waals surface area contributed by atoms with Crippen LogP contribution in [0, 0.1) is 6.92 Å². The van der Waals surface area contributed by atoms with Crippen molar-refractivity contribution in [1.29, 1.82) is 0 Å². The van der Waals surface area contributed by atoms with Crippen LogP contribution >= 0.6 is 23.2 Å². The summed E-state index contributed by atoms with van der Waals surface area (Å²) < 4.78 is 4.98. The summed E-state index contributed by atoms with van der Waals surface area (Å²) in [6.07, 6.45) is 4.54. The molecule has 1 N–H and O–H groups in total. The van der Waals surface area contributed by atoms with Gasteiger partial charge in [0.25, 0.3) is 5.91 Å². The maximum absolute atomic E-state index is 12.0. The number of aryl methyl sites for hydroxylation is 1. The second-order valence-corrected chi connectivity index (χ2v) is 6.75. The number of amides is 1. The number of anilines is 1. The van der Waals surface area contributed by atoms with E-state index in [2.05, 4.69) is 10.3 Å². The average molecular weight is 415 g/mol. The van der Waals surface area contributed by atoms with Crippen LogP contribution in [0.1, 0.15) is 11.1 Å². The minimum Gasteiger partial charge on any atom is -0.452 e. The van der Waals surface area contributed by atoms with Gasteiger partial charge in [-0.25, -0.2) is 4.79 Å². The molecule has 3 rings (SSSR count). The number of para-hydroxylation sites is 1. The van der Waals surface area contributed by atoms with Crippen LogP contribution in [-0.4, -0.2) is 23.5 Å². The molecular formula is C21H16Cl2N2O3. The number of carbonyl (C=O) groups is 2. The van der Waals surface area contributed by atoms with Gasteiger partial charge in [0.2, 0.25) is 0 Å². The summed E-state index contributed by atoms with van der Waals surface area (Å²) >= 11 is 12.2. The zero-order chi connectivity index (χ0) is 20.1. The normalized spacial score (nSPS) is 11.0. The third-order valence-corrected chi connectivity index (χ3v) is 4.76. The van der Waals surface area contributed by atoms with Crippen molar-refractivity contribution < 1.29 is 14.3 Å². The summed E-state index contributed by atoms with van der Waals surface area (Å²) in [5.41, 5.74) is 2.61. The van der Waals surface area contributed by atoms with Gasteiger partial charge in [-0.05, 0) is 30.7 Å². The van der Waals surface area contributed by atoms with E-state index in [9.17, 15) is 9.59 Å². The van der Waals surface area contributed by atoms with E-state index in [0.29, 0.717) is 15.7 Å². The number of rotatable bonds is 5. The molecule has 0 aliphatic rings. The van der Waals surface area contributed by atoms with Gasteiger partial charge >= 0.3 is 5.97 Å². The maximum Gasteiger partial charge on any atom is 0.331 e. The molecule has 1 heterocycles. The number of carbonyl (C=O) groups excluding carboxylic acids is 2. The molecule has 142 valence electrons. The first-order valence-corrected chi connectivity index (χ1v) is 9.14. The van der Waals surface area contributed by atoms with Crippen LogP contribution in [-0.2, 0) is 14.3 Å². The van der Waals surface area contributed by atoms with Crippen LogP contribution in [0.4, 0.5) is 5.69 Å². The SMILES string of the molecule is Cc1ccc(Cl)c(NC(=O)COC(=O)/C=C/c2cccc3cccnc23)c1Cl. The van der Waals surface area contributed by atoms with E-state index < -0.39 is 18.5 Å². The van der Waals surface area contributed by atoms with Crippen molar-refractivity contribution in [3.63, 3.8) is 0 Å². The van der Waals surface area contributed by atoms with E-state index in [4.69, 9.17) is 27.9 Å². The number of hydrogen-bond donors (Lipinski definition) is 1. The third kappa shape index (κ3) is 4.68. The van der Waals surface area contributed by atoms with Gasteiger partial charge in [0.05, 0.1) is 21.2 Å². The molecule has 0 aliphatic carbocycles. The Morgan fingerprint density at radius 2 is 1.93 bits per heavy atom. The molecule has 7 heteroatoms. The van der Waals surface area contributed by atoms with Crippen molar-refractivity contribution in [2.24, 2.45) is 0 Å². The first-order valence-electron chi connectivity index (χ1n) is 8.39. The molecule has 0 saturated heterocycles. The lowest BCUT2D eigenvalue weighted by Gasteiger charge is -2.11. The number of aromatic nitrogens is 1. The Morgan fingerprint density at radius 3 is 2.75 bits per heavy atom. The van der Waals surface area contributed by atoms with Gasteiger partial charge in [-0.15, -0.1) is 0 Å². The molecule has 3 aromatic rings. The number of halogens is 2. The second kappa shape index (κ2) is 8.87. The van der Waals surface area contributed by atoms with Gasteiger partial charge < -0.3 is 10.1 Å². The number of ether oxygens (including phenoxy) is 1. The van der Waals surface area contributed by atoms with E-state index in [-0.39, 0.29) is 0 Å². The van der Waals surface area contributed by atoms with Crippen LogP contribution in [0.2, 0.25) is 10.0 Å². The van der Waals surface area contributed by atoms with Crippen LogP contribution in [0.25, 0.3) is 17.0 Å². The number of fused-ring (bicyclic) bond motifs is 1. The molecule has 1 amide bonds. The summed E-state index contributed by atoms with van der Waals surface area (Å²) in [4.78, 5) is 28.3. The van der Waals surface area contributed by atoms with E-state index in [1.807, 2.05) is 30.3 Å². The van der Waals surface area contributed by atoms with Gasteiger partial charge in [0.1, 0.15) is 0 Å². The monoisotopic (exact) mass is 414 g/mol. The Kier molecular flexibility index (Phi) is 6.29. The molecule has 0 saturated carbocycles. The smallest absolute Gasteiger partial charge is 0.331 e. The number of nitrogens with zero attached hydrogens (tertiary/aromatic N) is 1. The lowest BCUT2D eigenvalue weighted by atomic mass is 10.1. The Balaban J connectivity index is 1.60. The lowest BCUT2D eigenvalue weighted by Crippen LogP contribution is -2.20. The summed E-state index contributed by atoms with van der Waals surface area (Å²) in [5.74, 6) is -1.19. The lowest BCUT2D eigenvalue weighted by molar-refractivity contribution is -0.142. The highest BCUT2D eigenvalue weighted by molar-refractivity contribution is 6.40. The molecule has 28 heavy (non-hydrogen) atoms. The van der Waals surface area contributed by atoms with E-state index in [1.54, 1.807) is 31.3 Å². The molecule has 1 aromatic heterocycles.